The van der Waals surface area contributed by atoms with Gasteiger partial charge in [0.05, 0.1) is 6.20 Å². The first-order chi connectivity index (χ1) is 4.31. The van der Waals surface area contributed by atoms with E-state index in [9.17, 15) is 0 Å². The molecule has 3 nitrogen and oxygen atoms in total. The Balaban J connectivity index is 3.55. The van der Waals surface area contributed by atoms with Gasteiger partial charge in [-0.25, -0.2) is 5.43 Å². The number of aliphatic hydroxyl groups is 1. The van der Waals surface area contributed by atoms with Crippen LogP contribution in [0.1, 0.15) is 6.92 Å². The Morgan fingerprint density at radius 2 is 2.22 bits per heavy atom. The van der Waals surface area contributed by atoms with Crippen molar-refractivity contribution < 1.29 is 5.11 Å². The first-order valence-electron chi connectivity index (χ1n) is 2.75. The monoisotopic (exact) mass is 128 g/mol. The van der Waals surface area contributed by atoms with Crippen LogP contribution < -0.4 is 10.9 Å². The highest BCUT2D eigenvalue weighted by Gasteiger charge is 1.78. The Labute approximate surface area is 55.0 Å². The molecule has 0 saturated heterocycles. The molecule has 0 aromatic heterocycles. The van der Waals surface area contributed by atoms with E-state index < -0.39 is 0 Å². The highest BCUT2D eigenvalue weighted by molar-refractivity contribution is 5.07. The molecule has 0 radical (unpaired) electrons. The zero-order valence-electron chi connectivity index (χ0n) is 5.68. The van der Waals surface area contributed by atoms with Crippen LogP contribution in [0, 0.1) is 0 Å². The number of nitrogens with one attached hydrogen (secondary N) is 2. The van der Waals surface area contributed by atoms with Crippen LogP contribution >= 0.6 is 0 Å². The molecule has 0 saturated carbocycles. The Morgan fingerprint density at radius 1 is 1.56 bits per heavy atom. The minimum absolute atomic E-state index is 0.201. The van der Waals surface area contributed by atoms with Gasteiger partial charge >= 0.3 is 0 Å². The molecule has 0 spiro atoms. The minimum atomic E-state index is 0.201. The second-order valence-corrected chi connectivity index (χ2v) is 1.46. The van der Waals surface area contributed by atoms with Crippen LogP contribution in [-0.2, 0) is 0 Å². The summed E-state index contributed by atoms with van der Waals surface area (Å²) in [7, 11) is 1.72. The lowest BCUT2D eigenvalue weighted by molar-refractivity contribution is 0.425. The van der Waals surface area contributed by atoms with Crippen LogP contribution in [0.15, 0.2) is 24.1 Å². The molecule has 0 amide bonds. The maximum absolute atomic E-state index is 8.85. The average Bonchev–Trinajstić information content (AvgIpc) is 1.85. The van der Waals surface area contributed by atoms with Gasteiger partial charge < -0.3 is 10.5 Å². The van der Waals surface area contributed by atoms with Gasteiger partial charge in [-0.1, -0.05) is 6.08 Å². The largest absolute Gasteiger partial charge is 0.506 e. The normalized spacial score (nSPS) is 12.4. The van der Waals surface area contributed by atoms with E-state index in [4.69, 9.17) is 5.11 Å². The van der Waals surface area contributed by atoms with Gasteiger partial charge in [-0.3, -0.25) is 0 Å². The van der Waals surface area contributed by atoms with E-state index >= 15 is 0 Å². The van der Waals surface area contributed by atoms with Gasteiger partial charge in [-0.15, -0.1) is 0 Å². The molecule has 9 heavy (non-hydrogen) atoms. The summed E-state index contributed by atoms with van der Waals surface area (Å²) >= 11 is 0. The van der Waals surface area contributed by atoms with E-state index in [-0.39, 0.29) is 5.76 Å². The van der Waals surface area contributed by atoms with E-state index in [0.717, 1.165) is 0 Å². The maximum Gasteiger partial charge on any atom is 0.132 e. The summed E-state index contributed by atoms with van der Waals surface area (Å²) in [6.07, 6.45) is 4.80. The molecule has 0 aliphatic rings. The molecule has 0 rings (SSSR count). The van der Waals surface area contributed by atoms with Crippen LogP contribution in [-0.4, -0.2) is 12.2 Å². The predicted octanol–water partition coefficient (Wildman–Crippen LogP) is 0.686. The second kappa shape index (κ2) is 5.18. The molecule has 0 aromatic carbocycles. The molecule has 0 aliphatic carbocycles. The van der Waals surface area contributed by atoms with Crippen molar-refractivity contribution in [1.29, 1.82) is 0 Å². The van der Waals surface area contributed by atoms with Gasteiger partial charge in [-0.2, -0.15) is 0 Å². The second-order valence-electron chi connectivity index (χ2n) is 1.46. The van der Waals surface area contributed by atoms with Gasteiger partial charge in [0.1, 0.15) is 5.76 Å². The third-order valence-corrected chi connectivity index (χ3v) is 0.702. The Morgan fingerprint density at radius 3 is 2.67 bits per heavy atom. The number of allylic oxidation sites excluding steroid dienone is 2. The van der Waals surface area contributed by atoms with E-state index in [0.29, 0.717) is 0 Å². The number of hydrogen-bond acceptors (Lipinski definition) is 3. The standard InChI is InChI=1S/C6H12N2O/c1-3-4-6(9)5-8-7-2/h3-5,7-9H,1-2H3/b4-3+,6-5+. The molecule has 0 atom stereocenters. The van der Waals surface area contributed by atoms with E-state index in [1.165, 1.54) is 6.20 Å². The van der Waals surface area contributed by atoms with Crippen LogP contribution in [0.25, 0.3) is 0 Å². The lowest BCUT2D eigenvalue weighted by Crippen LogP contribution is -2.21. The lowest BCUT2D eigenvalue weighted by Gasteiger charge is -1.94. The first kappa shape index (κ1) is 8.04. The lowest BCUT2D eigenvalue weighted by atomic mass is 10.5. The zero-order valence-corrected chi connectivity index (χ0v) is 5.68. The molecule has 52 valence electrons. The van der Waals surface area contributed by atoms with Crippen LogP contribution in [0.4, 0.5) is 0 Å². The van der Waals surface area contributed by atoms with Crippen molar-refractivity contribution in [3.8, 4) is 0 Å². The van der Waals surface area contributed by atoms with Gasteiger partial charge in [0.2, 0.25) is 0 Å². The number of hydrogen-bond donors (Lipinski definition) is 3. The molecule has 0 fully saturated rings. The van der Waals surface area contributed by atoms with Gasteiger partial charge in [0, 0.05) is 7.05 Å². The summed E-state index contributed by atoms with van der Waals surface area (Å²) < 4.78 is 0. The zero-order chi connectivity index (χ0) is 7.11. The molecule has 3 heteroatoms. The first-order valence-corrected chi connectivity index (χ1v) is 2.75. The van der Waals surface area contributed by atoms with E-state index in [1.807, 2.05) is 6.92 Å². The number of rotatable bonds is 3. The fraction of sp³-hybridized carbons (Fsp3) is 0.333. The molecular formula is C6H12N2O. The minimum Gasteiger partial charge on any atom is -0.506 e. The third kappa shape index (κ3) is 4.90. The fourth-order valence-electron chi connectivity index (χ4n) is 0.365. The highest BCUT2D eigenvalue weighted by atomic mass is 16.3. The van der Waals surface area contributed by atoms with Crippen molar-refractivity contribution in [2.75, 3.05) is 7.05 Å². The summed E-state index contributed by atoms with van der Waals surface area (Å²) in [5, 5.41) is 8.85. The maximum atomic E-state index is 8.85. The van der Waals surface area contributed by atoms with Crippen LogP contribution in [0.3, 0.4) is 0 Å². The SMILES string of the molecule is C/C=C/C(O)=C\NNC. The Kier molecular flexibility index (Phi) is 4.63. The summed E-state index contributed by atoms with van der Waals surface area (Å²) in [6.45, 7) is 1.84. The summed E-state index contributed by atoms with van der Waals surface area (Å²) in [5.41, 5.74) is 5.26. The number of aliphatic hydroxyl groups excluding tert-OH is 1. The topological polar surface area (TPSA) is 44.3 Å². The molecule has 3 N–H and O–H groups in total. The van der Waals surface area contributed by atoms with E-state index in [1.54, 1.807) is 19.2 Å². The van der Waals surface area contributed by atoms with Crippen molar-refractivity contribution in [1.82, 2.24) is 10.9 Å². The molecular weight excluding hydrogens is 116 g/mol. The van der Waals surface area contributed by atoms with Crippen molar-refractivity contribution in [2.24, 2.45) is 0 Å². The van der Waals surface area contributed by atoms with Crippen molar-refractivity contribution in [3.63, 3.8) is 0 Å². The van der Waals surface area contributed by atoms with Crippen LogP contribution in [0.5, 0.6) is 0 Å². The smallest absolute Gasteiger partial charge is 0.132 e. The summed E-state index contributed by atoms with van der Waals surface area (Å²) in [5.74, 6) is 0.201. The molecule has 0 unspecified atom stereocenters. The Bertz CT molecular complexity index is 118. The van der Waals surface area contributed by atoms with E-state index in [2.05, 4.69) is 10.9 Å². The average molecular weight is 128 g/mol. The van der Waals surface area contributed by atoms with Crippen molar-refractivity contribution in [3.05, 3.63) is 24.1 Å². The van der Waals surface area contributed by atoms with Crippen molar-refractivity contribution >= 4 is 0 Å². The van der Waals surface area contributed by atoms with Gasteiger partial charge in [-0.05, 0) is 13.0 Å². The predicted molar refractivity (Wildman–Crippen MR) is 37.7 cm³/mol. The quantitative estimate of drug-likeness (QED) is 0.297. The van der Waals surface area contributed by atoms with Crippen LogP contribution in [0.2, 0.25) is 0 Å². The number of hydrazine groups is 1. The molecule has 0 heterocycles. The summed E-state index contributed by atoms with van der Waals surface area (Å²) in [6, 6.07) is 0. The third-order valence-electron chi connectivity index (χ3n) is 0.702. The van der Waals surface area contributed by atoms with Crippen molar-refractivity contribution in [2.45, 2.75) is 6.92 Å². The molecule has 0 bridgehead atoms. The van der Waals surface area contributed by atoms with Gasteiger partial charge in [0.25, 0.3) is 0 Å². The molecule has 0 aromatic rings. The fourth-order valence-corrected chi connectivity index (χ4v) is 0.365. The van der Waals surface area contributed by atoms with Gasteiger partial charge in [0.15, 0.2) is 0 Å². The highest BCUT2D eigenvalue weighted by Crippen LogP contribution is 1.85. The molecule has 0 aliphatic heterocycles. The summed E-state index contributed by atoms with van der Waals surface area (Å²) in [4.78, 5) is 0. The Hall–Kier alpha value is -0.960.